The molecule has 9 heteroatoms. The molecule has 1 N–H and O–H groups in total. The summed E-state index contributed by atoms with van der Waals surface area (Å²) < 4.78 is 6.89. The van der Waals surface area contributed by atoms with Crippen LogP contribution in [0.5, 0.6) is 5.75 Å². The molecule has 0 radical (unpaired) electrons. The largest absolute Gasteiger partial charge is 0.497 e. The number of aromatic nitrogens is 2. The molecule has 1 aromatic heterocycles. The number of rotatable bonds is 8. The maximum absolute atomic E-state index is 14.0. The molecule has 2 amide bonds. The Kier molecular flexibility index (Phi) is 8.23. The molecule has 5 rings (SSSR count). The van der Waals surface area contributed by atoms with Crippen LogP contribution in [0.15, 0.2) is 89.7 Å². The van der Waals surface area contributed by atoms with E-state index in [2.05, 4.69) is 5.32 Å². The first kappa shape index (κ1) is 28.1. The second kappa shape index (κ2) is 12.0. The Hall–Kier alpha value is -4.40. The summed E-state index contributed by atoms with van der Waals surface area (Å²) in [5.41, 5.74) is 1.54. The van der Waals surface area contributed by atoms with Crippen LogP contribution in [0.3, 0.4) is 0 Å². The quantitative estimate of drug-likeness (QED) is 0.235. The fraction of sp³-hybridized carbons (Fsp3) is 0.219. The van der Waals surface area contributed by atoms with E-state index in [1.165, 1.54) is 0 Å². The first-order valence-corrected chi connectivity index (χ1v) is 13.7. The van der Waals surface area contributed by atoms with Crippen molar-refractivity contribution < 1.29 is 9.53 Å². The minimum atomic E-state index is -0.580. The van der Waals surface area contributed by atoms with Crippen LogP contribution in [0.25, 0.3) is 27.4 Å². The zero-order valence-corrected chi connectivity index (χ0v) is 24.2. The van der Waals surface area contributed by atoms with E-state index in [4.69, 9.17) is 21.3 Å². The van der Waals surface area contributed by atoms with Gasteiger partial charge in [0.1, 0.15) is 11.6 Å². The number of ether oxygens (including phenoxy) is 1. The first-order chi connectivity index (χ1) is 19.8. The molecule has 4 aromatic carbocycles. The smallest absolute Gasteiger partial charge is 0.322 e. The Morgan fingerprint density at radius 2 is 1.71 bits per heavy atom. The first-order valence-electron chi connectivity index (χ1n) is 13.3. The highest BCUT2D eigenvalue weighted by molar-refractivity contribution is 6.31. The molecule has 41 heavy (non-hydrogen) atoms. The van der Waals surface area contributed by atoms with Gasteiger partial charge in [-0.2, -0.15) is 0 Å². The van der Waals surface area contributed by atoms with Crippen LogP contribution in [0.1, 0.15) is 18.8 Å². The van der Waals surface area contributed by atoms with E-state index in [9.17, 15) is 9.59 Å². The van der Waals surface area contributed by atoms with Crippen molar-refractivity contribution in [2.45, 2.75) is 13.0 Å². The van der Waals surface area contributed by atoms with Gasteiger partial charge in [-0.15, -0.1) is 0 Å². The van der Waals surface area contributed by atoms with E-state index in [0.29, 0.717) is 52.0 Å². The number of likely N-dealkylation sites (N-methyl/N-ethyl adjacent to an activating group) is 1. The van der Waals surface area contributed by atoms with E-state index < -0.39 is 6.04 Å². The third kappa shape index (κ3) is 5.89. The van der Waals surface area contributed by atoms with Crippen molar-refractivity contribution in [1.29, 1.82) is 0 Å². The highest BCUT2D eigenvalue weighted by atomic mass is 35.5. The van der Waals surface area contributed by atoms with Gasteiger partial charge in [-0.05, 0) is 74.9 Å². The number of amides is 2. The minimum absolute atomic E-state index is 0.249. The molecule has 1 heterocycles. The molecule has 210 valence electrons. The molecule has 0 aliphatic heterocycles. The van der Waals surface area contributed by atoms with Gasteiger partial charge in [-0.3, -0.25) is 9.36 Å². The molecule has 0 fully saturated rings. The Morgan fingerprint density at radius 1 is 0.976 bits per heavy atom. The predicted octanol–water partition coefficient (Wildman–Crippen LogP) is 6.36. The lowest BCUT2D eigenvalue weighted by Crippen LogP contribution is -2.43. The highest BCUT2D eigenvalue weighted by Crippen LogP contribution is 2.28. The summed E-state index contributed by atoms with van der Waals surface area (Å²) in [6.45, 7) is 2.90. The van der Waals surface area contributed by atoms with Crippen LogP contribution >= 0.6 is 11.6 Å². The van der Waals surface area contributed by atoms with Crippen LogP contribution in [0, 0.1) is 0 Å². The molecule has 1 atom stereocenters. The Morgan fingerprint density at radius 3 is 2.44 bits per heavy atom. The summed E-state index contributed by atoms with van der Waals surface area (Å²) in [5.74, 6) is 1.08. The summed E-state index contributed by atoms with van der Waals surface area (Å²) >= 11 is 6.29. The lowest BCUT2D eigenvalue weighted by atomic mass is 10.1. The van der Waals surface area contributed by atoms with Crippen molar-refractivity contribution in [3.8, 4) is 11.4 Å². The molecule has 0 saturated carbocycles. The molecular weight excluding hydrogens is 538 g/mol. The monoisotopic (exact) mass is 569 g/mol. The van der Waals surface area contributed by atoms with Crippen LogP contribution in [0.4, 0.5) is 10.5 Å². The average Bonchev–Trinajstić information content (AvgIpc) is 2.97. The van der Waals surface area contributed by atoms with E-state index >= 15 is 0 Å². The normalized spacial score (nSPS) is 12.0. The highest BCUT2D eigenvalue weighted by Gasteiger charge is 2.27. The number of carbonyl (C=O) groups excluding carboxylic acids is 1. The number of urea groups is 1. The van der Waals surface area contributed by atoms with Crippen molar-refractivity contribution in [2.75, 3.05) is 39.6 Å². The van der Waals surface area contributed by atoms with Gasteiger partial charge in [0.05, 0.1) is 35.4 Å². The van der Waals surface area contributed by atoms with Gasteiger partial charge in [-0.1, -0.05) is 48.0 Å². The summed E-state index contributed by atoms with van der Waals surface area (Å²) in [5, 5.41) is 5.99. The number of carbonyl (C=O) groups is 1. The van der Waals surface area contributed by atoms with Gasteiger partial charge in [0.2, 0.25) is 0 Å². The number of benzene rings is 4. The molecule has 0 bridgehead atoms. The Labute approximate surface area is 243 Å². The maximum atomic E-state index is 14.0. The second-order valence-electron chi connectivity index (χ2n) is 10.1. The Balaban J connectivity index is 1.63. The van der Waals surface area contributed by atoms with Crippen molar-refractivity contribution in [1.82, 2.24) is 19.4 Å². The number of halogens is 1. The average molecular weight is 570 g/mol. The molecule has 0 saturated heterocycles. The van der Waals surface area contributed by atoms with Crippen molar-refractivity contribution in [3.05, 3.63) is 106 Å². The maximum Gasteiger partial charge on any atom is 0.322 e. The summed E-state index contributed by atoms with van der Waals surface area (Å²) in [6, 6.07) is 25.1. The number of nitrogens with zero attached hydrogens (tertiary/aromatic N) is 4. The van der Waals surface area contributed by atoms with Gasteiger partial charge in [-0.25, -0.2) is 9.78 Å². The van der Waals surface area contributed by atoms with Crippen LogP contribution in [0.2, 0.25) is 5.02 Å². The lowest BCUT2D eigenvalue weighted by Gasteiger charge is -2.31. The molecule has 1 unspecified atom stereocenters. The van der Waals surface area contributed by atoms with Crippen molar-refractivity contribution >= 4 is 45.0 Å². The Bertz CT molecular complexity index is 1760. The predicted molar refractivity (Wildman–Crippen MR) is 166 cm³/mol. The van der Waals surface area contributed by atoms with Crippen molar-refractivity contribution in [2.24, 2.45) is 0 Å². The number of anilines is 1. The number of nitrogens with one attached hydrogen (secondary N) is 1. The minimum Gasteiger partial charge on any atom is -0.497 e. The second-order valence-corrected chi connectivity index (χ2v) is 10.5. The van der Waals surface area contributed by atoms with E-state index in [1.54, 1.807) is 59.0 Å². The fourth-order valence-corrected chi connectivity index (χ4v) is 5.04. The fourth-order valence-electron chi connectivity index (χ4n) is 4.88. The summed E-state index contributed by atoms with van der Waals surface area (Å²) in [7, 11) is 5.50. The van der Waals surface area contributed by atoms with Gasteiger partial charge in [0, 0.05) is 23.5 Å². The molecule has 5 aromatic rings. The standard InChI is InChI=1S/C32H32ClN5O3/c1-21(37(19-18-36(2)3)32(40)35-28-11-7-9-22-8-5-6-10-26(22)28)30-34-29-20-23(33)12-17-27(29)31(39)38(30)24-13-15-25(41-4)16-14-24/h5-17,20-21H,18-19H2,1-4H3,(H,35,40). The zero-order valence-electron chi connectivity index (χ0n) is 23.5. The molecular formula is C32H32ClN5O3. The van der Waals surface area contributed by atoms with Crippen LogP contribution < -0.4 is 15.6 Å². The summed E-state index contributed by atoms with van der Waals surface area (Å²) in [6.07, 6.45) is 0. The number of fused-ring (bicyclic) bond motifs is 2. The number of hydrogen-bond acceptors (Lipinski definition) is 5. The molecule has 0 aliphatic carbocycles. The van der Waals surface area contributed by atoms with E-state index in [1.807, 2.05) is 68.4 Å². The topological polar surface area (TPSA) is 79.7 Å². The van der Waals surface area contributed by atoms with Crippen LogP contribution in [-0.4, -0.2) is 59.7 Å². The number of methoxy groups -OCH3 is 1. The van der Waals surface area contributed by atoms with E-state index in [0.717, 1.165) is 10.8 Å². The van der Waals surface area contributed by atoms with Gasteiger partial charge in [0.25, 0.3) is 5.56 Å². The zero-order chi connectivity index (χ0) is 29.1. The van der Waals surface area contributed by atoms with Gasteiger partial charge < -0.3 is 19.9 Å². The SMILES string of the molecule is COc1ccc(-n2c(C(C)N(CCN(C)C)C(=O)Nc3cccc4ccccc34)nc3cc(Cl)ccc3c2=O)cc1. The third-order valence-corrected chi connectivity index (χ3v) is 7.34. The number of hydrogen-bond donors (Lipinski definition) is 1. The molecule has 8 nitrogen and oxygen atoms in total. The van der Waals surface area contributed by atoms with Gasteiger partial charge in [0.15, 0.2) is 0 Å². The van der Waals surface area contributed by atoms with Crippen LogP contribution in [-0.2, 0) is 0 Å². The van der Waals surface area contributed by atoms with Crippen molar-refractivity contribution in [3.63, 3.8) is 0 Å². The summed E-state index contributed by atoms with van der Waals surface area (Å²) in [4.78, 5) is 36.5. The third-order valence-electron chi connectivity index (χ3n) is 7.11. The lowest BCUT2D eigenvalue weighted by molar-refractivity contribution is 0.181. The molecule has 0 aliphatic rings. The van der Waals surface area contributed by atoms with Gasteiger partial charge >= 0.3 is 6.03 Å². The molecule has 0 spiro atoms. The van der Waals surface area contributed by atoms with E-state index in [-0.39, 0.29) is 11.6 Å².